The highest BCUT2D eigenvalue weighted by Gasteiger charge is 2.34. The van der Waals surface area contributed by atoms with Gasteiger partial charge < -0.3 is 19.9 Å². The van der Waals surface area contributed by atoms with Crippen LogP contribution in [0.15, 0.2) is 67.0 Å². The number of carbonyl (C=O) groups is 2. The second kappa shape index (κ2) is 13.8. The Morgan fingerprint density at radius 2 is 1.79 bits per heavy atom. The summed E-state index contributed by atoms with van der Waals surface area (Å²) in [6, 6.07) is 14.9. The number of anilines is 1. The highest BCUT2D eigenvalue weighted by Crippen LogP contribution is 2.30. The number of aliphatic hydroxyl groups excluding tert-OH is 1. The van der Waals surface area contributed by atoms with Crippen molar-refractivity contribution < 1.29 is 33.0 Å². The fraction of sp³-hybridized carbons (Fsp3) is 0.406. The number of benzene rings is 2. The lowest BCUT2D eigenvalue weighted by atomic mass is 9.88. The van der Waals surface area contributed by atoms with E-state index in [1.54, 1.807) is 32.9 Å². The van der Waals surface area contributed by atoms with Crippen molar-refractivity contribution in [1.29, 1.82) is 0 Å². The van der Waals surface area contributed by atoms with Crippen LogP contribution in [0.1, 0.15) is 56.2 Å². The first-order chi connectivity index (χ1) is 20.0. The zero-order chi connectivity index (χ0) is 30.3. The number of pyridine rings is 1. The third kappa shape index (κ3) is 8.33. The van der Waals surface area contributed by atoms with E-state index < -0.39 is 29.7 Å². The van der Waals surface area contributed by atoms with Crippen LogP contribution in [0.5, 0.6) is 0 Å². The van der Waals surface area contributed by atoms with Gasteiger partial charge in [0.2, 0.25) is 5.91 Å². The summed E-state index contributed by atoms with van der Waals surface area (Å²) in [5.74, 6) is -1.63. The van der Waals surface area contributed by atoms with Crippen molar-refractivity contribution in [3.8, 4) is 0 Å². The van der Waals surface area contributed by atoms with Crippen LogP contribution < -0.4 is 5.32 Å². The quantitative estimate of drug-likeness (QED) is 0.349. The van der Waals surface area contributed by atoms with Crippen LogP contribution in [-0.4, -0.2) is 64.5 Å². The predicted octanol–water partition coefficient (Wildman–Crippen LogP) is 5.45. The Hall–Kier alpha value is -3.89. The minimum atomic E-state index is -0.700. The summed E-state index contributed by atoms with van der Waals surface area (Å²) >= 11 is 0. The normalized spacial score (nSPS) is 17.9. The van der Waals surface area contributed by atoms with Gasteiger partial charge in [-0.15, -0.1) is 0 Å². The molecule has 10 heteroatoms. The number of hydrogen-bond acceptors (Lipinski definition) is 6. The summed E-state index contributed by atoms with van der Waals surface area (Å²) in [6.07, 6.45) is 2.12. The highest BCUT2D eigenvalue weighted by molar-refractivity contribution is 5.92. The van der Waals surface area contributed by atoms with Crippen LogP contribution in [0, 0.1) is 11.6 Å². The van der Waals surface area contributed by atoms with E-state index in [1.807, 2.05) is 30.3 Å². The van der Waals surface area contributed by atoms with Crippen LogP contribution in [0.25, 0.3) is 0 Å². The lowest BCUT2D eigenvalue weighted by molar-refractivity contribution is -0.116. The van der Waals surface area contributed by atoms with Crippen LogP contribution >= 0.6 is 0 Å². The summed E-state index contributed by atoms with van der Waals surface area (Å²) in [5.41, 5.74) is 1.49. The number of nitrogens with one attached hydrogen (secondary N) is 1. The number of morpholine rings is 1. The summed E-state index contributed by atoms with van der Waals surface area (Å²) in [4.78, 5) is 31.4. The molecule has 0 saturated carbocycles. The Morgan fingerprint density at radius 3 is 2.45 bits per heavy atom. The Morgan fingerprint density at radius 1 is 1.10 bits per heavy atom. The summed E-state index contributed by atoms with van der Waals surface area (Å²) < 4.78 is 39.9. The molecule has 1 saturated heterocycles. The minimum absolute atomic E-state index is 0.0464. The van der Waals surface area contributed by atoms with Gasteiger partial charge in [-0.1, -0.05) is 42.5 Å². The van der Waals surface area contributed by atoms with Gasteiger partial charge in [0.15, 0.2) is 0 Å². The molecule has 224 valence electrons. The molecule has 1 fully saturated rings. The number of aromatic nitrogens is 1. The monoisotopic (exact) mass is 581 g/mol. The SMILES string of the molecule is CC(C)(C)OC(=O)N1C[C@@H](CCc2c(F)cncc2NC(=O)C[C@H](c2ccccc2)c2ccc(F)cc2)OC[C@H]1CO. The average molecular weight is 582 g/mol. The zero-order valence-corrected chi connectivity index (χ0v) is 24.1. The van der Waals surface area contributed by atoms with Gasteiger partial charge in [-0.25, -0.2) is 13.6 Å². The number of ether oxygens (including phenoxy) is 2. The Balaban J connectivity index is 1.45. The molecule has 42 heavy (non-hydrogen) atoms. The van der Waals surface area contributed by atoms with E-state index >= 15 is 0 Å². The molecule has 2 aromatic carbocycles. The number of rotatable bonds is 9. The van der Waals surface area contributed by atoms with Crippen molar-refractivity contribution in [2.75, 3.05) is 25.1 Å². The maximum atomic E-state index is 15.0. The van der Waals surface area contributed by atoms with Gasteiger partial charge in [0.25, 0.3) is 0 Å². The zero-order valence-electron chi connectivity index (χ0n) is 24.1. The lowest BCUT2D eigenvalue weighted by Crippen LogP contribution is -2.55. The van der Waals surface area contributed by atoms with Crippen LogP contribution in [0.4, 0.5) is 19.3 Å². The third-order valence-corrected chi connectivity index (χ3v) is 7.06. The Labute approximate surface area is 244 Å². The number of amides is 2. The largest absolute Gasteiger partial charge is 0.444 e. The number of hydrogen-bond donors (Lipinski definition) is 2. The first-order valence-corrected chi connectivity index (χ1v) is 14.0. The molecule has 0 bridgehead atoms. The van der Waals surface area contributed by atoms with Crippen LogP contribution in [0.2, 0.25) is 0 Å². The van der Waals surface area contributed by atoms with Crippen LogP contribution in [-0.2, 0) is 20.7 Å². The van der Waals surface area contributed by atoms with E-state index in [4.69, 9.17) is 9.47 Å². The number of carbonyl (C=O) groups excluding carboxylic acids is 2. The first-order valence-electron chi connectivity index (χ1n) is 14.0. The van der Waals surface area contributed by atoms with E-state index in [-0.39, 0.29) is 61.5 Å². The molecule has 3 atom stereocenters. The molecule has 8 nitrogen and oxygen atoms in total. The molecule has 1 aliphatic heterocycles. The average Bonchev–Trinajstić information content (AvgIpc) is 2.95. The van der Waals surface area contributed by atoms with Crippen molar-refractivity contribution in [2.24, 2.45) is 0 Å². The summed E-state index contributed by atoms with van der Waals surface area (Å²) in [7, 11) is 0. The third-order valence-electron chi connectivity index (χ3n) is 7.06. The fourth-order valence-electron chi connectivity index (χ4n) is 4.95. The summed E-state index contributed by atoms with van der Waals surface area (Å²) in [6.45, 7) is 5.31. The van der Waals surface area contributed by atoms with Crippen molar-refractivity contribution in [1.82, 2.24) is 9.88 Å². The lowest BCUT2D eigenvalue weighted by Gasteiger charge is -2.39. The minimum Gasteiger partial charge on any atom is -0.444 e. The second-order valence-corrected chi connectivity index (χ2v) is 11.4. The molecule has 1 aromatic heterocycles. The molecule has 1 aliphatic rings. The van der Waals surface area contributed by atoms with Gasteiger partial charge in [0, 0.05) is 17.9 Å². The van der Waals surface area contributed by atoms with E-state index in [0.29, 0.717) is 6.42 Å². The maximum Gasteiger partial charge on any atom is 0.410 e. The van der Waals surface area contributed by atoms with E-state index in [1.165, 1.54) is 23.2 Å². The predicted molar refractivity (Wildman–Crippen MR) is 154 cm³/mol. The molecule has 2 N–H and O–H groups in total. The van der Waals surface area contributed by atoms with E-state index in [2.05, 4.69) is 10.3 Å². The van der Waals surface area contributed by atoms with Crippen molar-refractivity contribution in [3.63, 3.8) is 0 Å². The van der Waals surface area contributed by atoms with Gasteiger partial charge in [-0.3, -0.25) is 14.7 Å². The second-order valence-electron chi connectivity index (χ2n) is 11.4. The molecule has 0 radical (unpaired) electrons. The molecule has 4 rings (SSSR count). The van der Waals surface area contributed by atoms with Gasteiger partial charge >= 0.3 is 6.09 Å². The Kier molecular flexibility index (Phi) is 10.2. The van der Waals surface area contributed by atoms with E-state index in [9.17, 15) is 23.5 Å². The van der Waals surface area contributed by atoms with E-state index in [0.717, 1.165) is 17.3 Å². The van der Waals surface area contributed by atoms with Crippen molar-refractivity contribution in [2.45, 2.75) is 63.7 Å². The van der Waals surface area contributed by atoms with Crippen LogP contribution in [0.3, 0.4) is 0 Å². The van der Waals surface area contributed by atoms with Crippen molar-refractivity contribution in [3.05, 3.63) is 95.3 Å². The molecular weight excluding hydrogens is 544 g/mol. The summed E-state index contributed by atoms with van der Waals surface area (Å²) in [5, 5.41) is 12.6. The highest BCUT2D eigenvalue weighted by atomic mass is 19.1. The maximum absolute atomic E-state index is 15.0. The van der Waals surface area contributed by atoms with Crippen molar-refractivity contribution >= 4 is 17.7 Å². The fourth-order valence-corrected chi connectivity index (χ4v) is 4.95. The number of nitrogens with zero attached hydrogens (tertiary/aromatic N) is 2. The van der Waals surface area contributed by atoms with Gasteiger partial charge in [0.05, 0.1) is 50.0 Å². The smallest absolute Gasteiger partial charge is 0.410 e. The number of aliphatic hydroxyl groups is 1. The molecule has 0 unspecified atom stereocenters. The Bertz CT molecular complexity index is 1350. The van der Waals surface area contributed by atoms with Gasteiger partial charge in [0.1, 0.15) is 17.2 Å². The topological polar surface area (TPSA) is 101 Å². The molecule has 0 aliphatic carbocycles. The molecule has 3 aromatic rings. The van der Waals surface area contributed by atoms with Gasteiger partial charge in [-0.2, -0.15) is 0 Å². The molecule has 2 heterocycles. The molecule has 2 amide bonds. The molecule has 0 spiro atoms. The van der Waals surface area contributed by atoms with Gasteiger partial charge in [-0.05, 0) is 56.9 Å². The molecular formula is C32H37F2N3O5. The first kappa shape index (κ1) is 31.1. The standard InChI is InChI=1S/C32H37F2N3O5/c1-32(2,3)42-31(40)37-18-25(41-20-24(37)19-38)13-14-26-28(34)16-35-17-29(26)36-30(39)15-27(21-7-5-4-6-8-21)22-9-11-23(33)12-10-22/h4-12,16-17,24-25,27,38H,13-15,18-20H2,1-3H3,(H,36,39)/t24-,25-,27-/m1/s1. The number of halogens is 2.